The van der Waals surface area contributed by atoms with Gasteiger partial charge in [0.05, 0.1) is 11.3 Å². The molecule has 0 aliphatic rings. The number of halogens is 3. The molecule has 152 valence electrons. The first-order valence-corrected chi connectivity index (χ1v) is 10.0. The number of anilines is 1. The fraction of sp³-hybridized carbons (Fsp3) is 0.150. The average molecular weight is 422 g/mol. The molecule has 0 saturated carbocycles. The molecule has 2 N–H and O–H groups in total. The molecular weight excluding hydrogens is 405 g/mol. The number of amides is 1. The monoisotopic (exact) mass is 422 g/mol. The van der Waals surface area contributed by atoms with Gasteiger partial charge in [-0.2, -0.15) is 13.2 Å². The Morgan fingerprint density at radius 3 is 2.21 bits per heavy atom. The highest BCUT2D eigenvalue weighted by Gasteiger charge is 2.27. The lowest BCUT2D eigenvalue weighted by Crippen LogP contribution is -2.34. The summed E-state index contributed by atoms with van der Waals surface area (Å²) in [5, 5.41) is 3.49. The fourth-order valence-corrected chi connectivity index (χ4v) is 3.78. The van der Waals surface area contributed by atoms with E-state index in [0.29, 0.717) is 5.56 Å². The molecule has 0 bridgehead atoms. The fourth-order valence-electron chi connectivity index (χ4n) is 2.69. The van der Waals surface area contributed by atoms with Crippen molar-refractivity contribution in [3.8, 4) is 0 Å². The van der Waals surface area contributed by atoms with Crippen molar-refractivity contribution >= 4 is 32.4 Å². The van der Waals surface area contributed by atoms with Gasteiger partial charge in [-0.25, -0.2) is 8.42 Å². The lowest BCUT2D eigenvalue weighted by atomic mass is 10.1. The van der Waals surface area contributed by atoms with Crippen LogP contribution in [-0.2, 0) is 21.2 Å². The summed E-state index contributed by atoms with van der Waals surface area (Å²) < 4.78 is 64.0. The van der Waals surface area contributed by atoms with Crippen LogP contribution in [-0.4, -0.2) is 27.0 Å². The summed E-state index contributed by atoms with van der Waals surface area (Å²) in [4.78, 5) is 11.6. The first kappa shape index (κ1) is 20.7. The Morgan fingerprint density at radius 2 is 1.55 bits per heavy atom. The number of benzene rings is 3. The largest absolute Gasteiger partial charge is 0.405 e. The smallest absolute Gasteiger partial charge is 0.347 e. The normalized spacial score (nSPS) is 12.0. The molecule has 3 rings (SSSR count). The third kappa shape index (κ3) is 5.71. The summed E-state index contributed by atoms with van der Waals surface area (Å²) in [6.07, 6.45) is -4.71. The van der Waals surface area contributed by atoms with Crippen molar-refractivity contribution in [2.45, 2.75) is 17.5 Å². The van der Waals surface area contributed by atoms with E-state index in [4.69, 9.17) is 0 Å². The zero-order chi connectivity index (χ0) is 21.1. The van der Waals surface area contributed by atoms with Crippen LogP contribution in [0.1, 0.15) is 5.56 Å². The van der Waals surface area contributed by atoms with Crippen LogP contribution in [0.5, 0.6) is 0 Å². The Balaban J connectivity index is 1.67. The van der Waals surface area contributed by atoms with Crippen molar-refractivity contribution in [2.75, 3.05) is 11.3 Å². The summed E-state index contributed by atoms with van der Waals surface area (Å²) in [6.45, 7) is -1.39. The van der Waals surface area contributed by atoms with Gasteiger partial charge in [-0.15, -0.1) is 0 Å². The Hall–Kier alpha value is -3.07. The Labute approximate surface area is 165 Å². The maximum Gasteiger partial charge on any atom is 0.405 e. The van der Waals surface area contributed by atoms with Crippen molar-refractivity contribution in [1.29, 1.82) is 0 Å². The summed E-state index contributed by atoms with van der Waals surface area (Å²) in [5.74, 6) is -0.771. The van der Waals surface area contributed by atoms with Crippen molar-refractivity contribution in [1.82, 2.24) is 5.32 Å². The van der Waals surface area contributed by atoms with Gasteiger partial charge in [-0.3, -0.25) is 9.52 Å². The van der Waals surface area contributed by atoms with Gasteiger partial charge >= 0.3 is 6.18 Å². The van der Waals surface area contributed by atoms with Crippen LogP contribution in [0.3, 0.4) is 0 Å². The van der Waals surface area contributed by atoms with Crippen LogP contribution in [0, 0.1) is 0 Å². The summed E-state index contributed by atoms with van der Waals surface area (Å²) >= 11 is 0. The molecule has 9 heteroatoms. The number of alkyl halides is 3. The quantitative estimate of drug-likeness (QED) is 0.634. The van der Waals surface area contributed by atoms with Crippen LogP contribution >= 0.6 is 0 Å². The molecule has 0 aromatic heterocycles. The minimum atomic E-state index is -4.47. The van der Waals surface area contributed by atoms with E-state index in [1.54, 1.807) is 17.4 Å². The maximum absolute atomic E-state index is 12.6. The van der Waals surface area contributed by atoms with Gasteiger partial charge in [0.25, 0.3) is 10.0 Å². The first-order valence-electron chi connectivity index (χ1n) is 8.56. The molecule has 0 fully saturated rings. The molecule has 5 nitrogen and oxygen atoms in total. The van der Waals surface area contributed by atoms with E-state index >= 15 is 0 Å². The second-order valence-corrected chi connectivity index (χ2v) is 8.06. The Bertz CT molecular complexity index is 1130. The van der Waals surface area contributed by atoms with E-state index in [0.717, 1.165) is 10.8 Å². The summed E-state index contributed by atoms with van der Waals surface area (Å²) in [7, 11) is -3.82. The second-order valence-electron chi connectivity index (χ2n) is 6.38. The first-order chi connectivity index (χ1) is 13.6. The van der Waals surface area contributed by atoms with E-state index in [-0.39, 0.29) is 17.0 Å². The minimum Gasteiger partial charge on any atom is -0.347 e. The molecule has 1 amide bonds. The van der Waals surface area contributed by atoms with E-state index in [9.17, 15) is 26.4 Å². The molecular formula is C20H17F3N2O3S. The average Bonchev–Trinajstić information content (AvgIpc) is 2.67. The number of sulfonamides is 1. The number of rotatable bonds is 6. The van der Waals surface area contributed by atoms with Gasteiger partial charge in [-0.05, 0) is 40.6 Å². The van der Waals surface area contributed by atoms with Gasteiger partial charge in [0, 0.05) is 5.69 Å². The Morgan fingerprint density at radius 1 is 0.897 bits per heavy atom. The van der Waals surface area contributed by atoms with Crippen molar-refractivity contribution in [2.24, 2.45) is 0 Å². The molecule has 0 saturated heterocycles. The van der Waals surface area contributed by atoms with Crippen LogP contribution in [0.15, 0.2) is 71.6 Å². The Kier molecular flexibility index (Phi) is 5.78. The lowest BCUT2D eigenvalue weighted by Gasteiger charge is -2.10. The highest BCUT2D eigenvalue weighted by atomic mass is 32.2. The minimum absolute atomic E-state index is 0.104. The maximum atomic E-state index is 12.6. The van der Waals surface area contributed by atoms with Crippen molar-refractivity contribution < 1.29 is 26.4 Å². The number of fused-ring (bicyclic) bond motifs is 1. The van der Waals surface area contributed by atoms with E-state index in [1.807, 2.05) is 24.3 Å². The molecule has 3 aromatic rings. The third-order valence-corrected chi connectivity index (χ3v) is 5.47. The molecule has 0 aliphatic carbocycles. The SMILES string of the molecule is O=C(Cc1ccc(NS(=O)(=O)c2ccc3ccccc3c2)cc1)NCC(F)(F)F. The van der Waals surface area contributed by atoms with Crippen LogP contribution in [0.25, 0.3) is 10.8 Å². The topological polar surface area (TPSA) is 75.3 Å². The zero-order valence-electron chi connectivity index (χ0n) is 15.0. The second kappa shape index (κ2) is 8.12. The van der Waals surface area contributed by atoms with Crippen LogP contribution < -0.4 is 10.0 Å². The number of hydrogen-bond acceptors (Lipinski definition) is 3. The lowest BCUT2D eigenvalue weighted by molar-refractivity contribution is -0.138. The highest BCUT2D eigenvalue weighted by Crippen LogP contribution is 2.22. The number of carbonyl (C=O) groups excluding carboxylic acids is 1. The zero-order valence-corrected chi connectivity index (χ0v) is 15.8. The van der Waals surface area contributed by atoms with Gasteiger partial charge in [-0.1, -0.05) is 42.5 Å². The third-order valence-electron chi connectivity index (χ3n) is 4.09. The van der Waals surface area contributed by atoms with Gasteiger partial charge in [0.15, 0.2) is 0 Å². The summed E-state index contributed by atoms with van der Waals surface area (Å²) in [6, 6.07) is 18.0. The van der Waals surface area contributed by atoms with Crippen molar-refractivity contribution in [3.63, 3.8) is 0 Å². The molecule has 0 radical (unpaired) electrons. The molecule has 0 spiro atoms. The molecule has 0 unspecified atom stereocenters. The predicted molar refractivity (Wildman–Crippen MR) is 104 cm³/mol. The molecule has 3 aromatic carbocycles. The molecule has 0 heterocycles. The number of carbonyl (C=O) groups is 1. The van der Waals surface area contributed by atoms with Crippen LogP contribution in [0.2, 0.25) is 0 Å². The molecule has 29 heavy (non-hydrogen) atoms. The van der Waals surface area contributed by atoms with Gasteiger partial charge < -0.3 is 5.32 Å². The standard InChI is InChI=1S/C20H17F3N2O3S/c21-20(22,23)13-24-19(26)11-14-5-8-17(9-6-14)25-29(27,28)18-10-7-15-3-1-2-4-16(15)12-18/h1-10,12,25H,11,13H2,(H,24,26). The van der Waals surface area contributed by atoms with Gasteiger partial charge in [0.1, 0.15) is 6.54 Å². The predicted octanol–water partition coefficient (Wildman–Crippen LogP) is 3.86. The number of nitrogens with one attached hydrogen (secondary N) is 2. The van der Waals surface area contributed by atoms with Crippen molar-refractivity contribution in [3.05, 3.63) is 72.3 Å². The van der Waals surface area contributed by atoms with E-state index < -0.39 is 28.7 Å². The van der Waals surface area contributed by atoms with E-state index in [1.165, 1.54) is 30.3 Å². The highest BCUT2D eigenvalue weighted by molar-refractivity contribution is 7.92. The molecule has 0 aliphatic heterocycles. The summed E-state index contributed by atoms with van der Waals surface area (Å²) in [5.41, 5.74) is 0.732. The number of hydrogen-bond donors (Lipinski definition) is 2. The van der Waals surface area contributed by atoms with Crippen LogP contribution in [0.4, 0.5) is 18.9 Å². The van der Waals surface area contributed by atoms with E-state index in [2.05, 4.69) is 4.72 Å². The molecule has 0 atom stereocenters. The van der Waals surface area contributed by atoms with Gasteiger partial charge in [0.2, 0.25) is 5.91 Å².